The molecule has 0 radical (unpaired) electrons. The molecule has 2 atom stereocenters. The molecule has 1 aromatic heterocycles. The van der Waals surface area contributed by atoms with Crippen molar-refractivity contribution in [3.63, 3.8) is 0 Å². The van der Waals surface area contributed by atoms with Gasteiger partial charge in [0.2, 0.25) is 0 Å². The fourth-order valence-corrected chi connectivity index (χ4v) is 4.50. The summed E-state index contributed by atoms with van der Waals surface area (Å²) in [6.07, 6.45) is 2.32. The molecule has 4 rings (SSSR count). The number of carbonyl (C=O) groups excluding carboxylic acids is 1. The molecule has 1 spiro atoms. The molecule has 1 N–H and O–H groups in total. The number of aromatic nitrogens is 2. The van der Waals surface area contributed by atoms with Crippen molar-refractivity contribution in [1.29, 1.82) is 0 Å². The molecule has 0 bridgehead atoms. The lowest BCUT2D eigenvalue weighted by Gasteiger charge is -2.43. The Kier molecular flexibility index (Phi) is 3.85. The number of benzene rings is 1. The third-order valence-corrected chi connectivity index (χ3v) is 5.76. The Morgan fingerprint density at radius 2 is 2.04 bits per heavy atom. The van der Waals surface area contributed by atoms with E-state index in [9.17, 15) is 9.90 Å². The predicted octanol–water partition coefficient (Wildman–Crippen LogP) is 1.22. The molecule has 1 saturated heterocycles. The number of rotatable bonds is 2. The average molecular weight is 342 g/mol. The van der Waals surface area contributed by atoms with Crippen molar-refractivity contribution >= 4 is 5.91 Å². The third-order valence-electron chi connectivity index (χ3n) is 5.76. The van der Waals surface area contributed by atoms with Crippen LogP contribution in [-0.4, -0.2) is 64.4 Å². The van der Waals surface area contributed by atoms with E-state index in [1.807, 2.05) is 26.2 Å². The molecule has 2 heterocycles. The van der Waals surface area contributed by atoms with Crippen LogP contribution in [0.15, 0.2) is 35.1 Å². The minimum atomic E-state index is -0.481. The van der Waals surface area contributed by atoms with Gasteiger partial charge < -0.3 is 14.9 Å². The number of amides is 1. The molecule has 2 aliphatic rings. The van der Waals surface area contributed by atoms with Crippen LogP contribution in [0.2, 0.25) is 0 Å². The number of aliphatic hydroxyl groups excluding tert-OH is 1. The molecular weight excluding hydrogens is 320 g/mol. The Balaban J connectivity index is 1.61. The lowest BCUT2D eigenvalue weighted by atomic mass is 9.72. The molecule has 0 unspecified atom stereocenters. The standard InChI is InChI=1S/C18H22N4O3/c1-21(2)15-12-5-3-4-6-13(12)18(16(15)23)7-9-22(10-8-18)17(24)14-11-19-25-20-14/h3-6,11,15-16,23H,7-10H2,1-2H3/t15-,16+/m1/s1. The monoisotopic (exact) mass is 342 g/mol. The maximum atomic E-state index is 12.5. The van der Waals surface area contributed by atoms with E-state index in [1.165, 1.54) is 17.3 Å². The van der Waals surface area contributed by atoms with Gasteiger partial charge in [0, 0.05) is 18.5 Å². The second kappa shape index (κ2) is 5.93. The van der Waals surface area contributed by atoms with Gasteiger partial charge in [-0.25, -0.2) is 4.63 Å². The molecule has 1 aliphatic carbocycles. The molecule has 1 aromatic carbocycles. The second-order valence-corrected chi connectivity index (χ2v) is 7.18. The highest BCUT2D eigenvalue weighted by Gasteiger charge is 2.53. The summed E-state index contributed by atoms with van der Waals surface area (Å²) in [6, 6.07) is 8.27. The number of piperidine rings is 1. The summed E-state index contributed by atoms with van der Waals surface area (Å²) in [5.74, 6) is -0.166. The normalized spacial score (nSPS) is 24.7. The van der Waals surface area contributed by atoms with Crippen LogP contribution < -0.4 is 0 Å². The number of hydrogen-bond donors (Lipinski definition) is 1. The van der Waals surface area contributed by atoms with Crippen LogP contribution >= 0.6 is 0 Å². The molecule has 1 amide bonds. The van der Waals surface area contributed by atoms with Crippen molar-refractivity contribution in [1.82, 2.24) is 20.1 Å². The van der Waals surface area contributed by atoms with E-state index >= 15 is 0 Å². The summed E-state index contributed by atoms with van der Waals surface area (Å²) in [5, 5.41) is 18.3. The molecule has 2 aromatic rings. The summed E-state index contributed by atoms with van der Waals surface area (Å²) in [4.78, 5) is 16.3. The van der Waals surface area contributed by atoms with Crippen molar-refractivity contribution in [2.45, 2.75) is 30.4 Å². The molecule has 25 heavy (non-hydrogen) atoms. The smallest absolute Gasteiger partial charge is 0.277 e. The van der Waals surface area contributed by atoms with E-state index in [1.54, 1.807) is 4.90 Å². The van der Waals surface area contributed by atoms with Crippen LogP contribution in [-0.2, 0) is 5.41 Å². The summed E-state index contributed by atoms with van der Waals surface area (Å²) in [6.45, 7) is 1.16. The number of nitrogens with zero attached hydrogens (tertiary/aromatic N) is 4. The highest BCUT2D eigenvalue weighted by molar-refractivity contribution is 5.91. The lowest BCUT2D eigenvalue weighted by Crippen LogP contribution is -2.50. The van der Waals surface area contributed by atoms with E-state index in [0.29, 0.717) is 13.1 Å². The van der Waals surface area contributed by atoms with Crippen LogP contribution in [0.25, 0.3) is 0 Å². The van der Waals surface area contributed by atoms with Gasteiger partial charge in [0.05, 0.1) is 12.1 Å². The molecule has 1 fully saturated rings. The number of carbonyl (C=O) groups is 1. The highest BCUT2D eigenvalue weighted by atomic mass is 16.6. The second-order valence-electron chi connectivity index (χ2n) is 7.18. The maximum absolute atomic E-state index is 12.5. The van der Waals surface area contributed by atoms with E-state index in [4.69, 9.17) is 0 Å². The Labute approximate surface area is 146 Å². The molecular formula is C18H22N4O3. The molecule has 132 valence electrons. The van der Waals surface area contributed by atoms with Gasteiger partial charge in [-0.3, -0.25) is 4.79 Å². The topological polar surface area (TPSA) is 82.7 Å². The molecule has 0 saturated carbocycles. The van der Waals surface area contributed by atoms with Gasteiger partial charge in [-0.05, 0) is 43.2 Å². The fraction of sp³-hybridized carbons (Fsp3) is 0.500. The Morgan fingerprint density at radius 1 is 1.32 bits per heavy atom. The van der Waals surface area contributed by atoms with E-state index in [2.05, 4.69) is 32.0 Å². The molecule has 7 nitrogen and oxygen atoms in total. The van der Waals surface area contributed by atoms with Crippen molar-refractivity contribution in [3.8, 4) is 0 Å². The van der Waals surface area contributed by atoms with Crippen molar-refractivity contribution < 1.29 is 14.5 Å². The third kappa shape index (κ3) is 2.38. The quantitative estimate of drug-likeness (QED) is 0.884. The zero-order valence-corrected chi connectivity index (χ0v) is 14.4. The first kappa shape index (κ1) is 16.2. The van der Waals surface area contributed by atoms with Crippen LogP contribution in [0.1, 0.15) is 40.5 Å². The first-order chi connectivity index (χ1) is 12.0. The highest BCUT2D eigenvalue weighted by Crippen LogP contribution is 2.52. The summed E-state index contributed by atoms with van der Waals surface area (Å²) in [7, 11) is 4.00. The number of aliphatic hydroxyl groups is 1. The van der Waals surface area contributed by atoms with Crippen molar-refractivity contribution in [2.24, 2.45) is 0 Å². The minimum Gasteiger partial charge on any atom is -0.390 e. The Hall–Kier alpha value is -2.25. The predicted molar refractivity (Wildman–Crippen MR) is 90.0 cm³/mol. The van der Waals surface area contributed by atoms with Gasteiger partial charge in [-0.1, -0.05) is 29.4 Å². The van der Waals surface area contributed by atoms with Crippen LogP contribution in [0.3, 0.4) is 0 Å². The fourth-order valence-electron chi connectivity index (χ4n) is 4.50. The largest absolute Gasteiger partial charge is 0.390 e. The first-order valence-electron chi connectivity index (χ1n) is 8.55. The van der Waals surface area contributed by atoms with Gasteiger partial charge in [-0.15, -0.1) is 0 Å². The van der Waals surface area contributed by atoms with Crippen molar-refractivity contribution in [2.75, 3.05) is 27.2 Å². The molecule has 1 aliphatic heterocycles. The average Bonchev–Trinajstić information content (AvgIpc) is 3.22. The number of likely N-dealkylation sites (N-methyl/N-ethyl adjacent to an activating group) is 1. The van der Waals surface area contributed by atoms with Crippen LogP contribution in [0.5, 0.6) is 0 Å². The van der Waals surface area contributed by atoms with E-state index < -0.39 is 6.10 Å². The van der Waals surface area contributed by atoms with Gasteiger partial charge in [-0.2, -0.15) is 0 Å². The summed E-state index contributed by atoms with van der Waals surface area (Å²) < 4.78 is 4.53. The number of hydrogen-bond acceptors (Lipinski definition) is 6. The van der Waals surface area contributed by atoms with Crippen molar-refractivity contribution in [3.05, 3.63) is 47.3 Å². The van der Waals surface area contributed by atoms with Crippen LogP contribution in [0, 0.1) is 0 Å². The SMILES string of the molecule is CN(C)[C@@H]1c2ccccc2C2(CCN(C(=O)c3cnon3)CC2)[C@H]1O. The summed E-state index contributed by atoms with van der Waals surface area (Å²) in [5.41, 5.74) is 2.34. The number of fused-ring (bicyclic) bond motifs is 2. The zero-order chi connectivity index (χ0) is 17.6. The molecule has 7 heteroatoms. The van der Waals surface area contributed by atoms with Gasteiger partial charge in [0.15, 0.2) is 5.69 Å². The zero-order valence-electron chi connectivity index (χ0n) is 14.4. The minimum absolute atomic E-state index is 0.0156. The van der Waals surface area contributed by atoms with Crippen LogP contribution in [0.4, 0.5) is 0 Å². The van der Waals surface area contributed by atoms with Gasteiger partial charge in [0.25, 0.3) is 5.91 Å². The van der Waals surface area contributed by atoms with E-state index in [0.717, 1.165) is 12.8 Å². The van der Waals surface area contributed by atoms with E-state index in [-0.39, 0.29) is 23.1 Å². The maximum Gasteiger partial charge on any atom is 0.277 e. The summed E-state index contributed by atoms with van der Waals surface area (Å²) >= 11 is 0. The van der Waals surface area contributed by atoms with Gasteiger partial charge in [0.1, 0.15) is 6.20 Å². The lowest BCUT2D eigenvalue weighted by molar-refractivity contribution is -0.00161. The Bertz CT molecular complexity index is 766. The Morgan fingerprint density at radius 3 is 2.68 bits per heavy atom. The number of likely N-dealkylation sites (tertiary alicyclic amines) is 1. The van der Waals surface area contributed by atoms with Gasteiger partial charge >= 0.3 is 0 Å². The first-order valence-corrected chi connectivity index (χ1v) is 8.55.